The van der Waals surface area contributed by atoms with Crippen molar-refractivity contribution < 1.29 is 4.79 Å². The SMILES string of the molecule is CCn1nccc1C(=O)CC(C)CN. The summed E-state index contributed by atoms with van der Waals surface area (Å²) in [5.41, 5.74) is 6.16. The Labute approximate surface area is 84.1 Å². The lowest BCUT2D eigenvalue weighted by Gasteiger charge is -2.07. The first kappa shape index (κ1) is 10.9. The molecule has 1 rings (SSSR count). The van der Waals surface area contributed by atoms with Gasteiger partial charge in [-0.05, 0) is 25.5 Å². The molecule has 1 aromatic heterocycles. The van der Waals surface area contributed by atoms with E-state index in [4.69, 9.17) is 5.73 Å². The zero-order chi connectivity index (χ0) is 10.6. The lowest BCUT2D eigenvalue weighted by atomic mass is 10.0. The maximum absolute atomic E-state index is 11.7. The van der Waals surface area contributed by atoms with Crippen molar-refractivity contribution in [2.45, 2.75) is 26.8 Å². The molecule has 0 aliphatic carbocycles. The third-order valence-electron chi connectivity index (χ3n) is 2.24. The molecule has 0 amide bonds. The van der Waals surface area contributed by atoms with Gasteiger partial charge in [0, 0.05) is 19.2 Å². The van der Waals surface area contributed by atoms with Crippen LogP contribution in [-0.2, 0) is 6.54 Å². The highest BCUT2D eigenvalue weighted by Gasteiger charge is 2.13. The van der Waals surface area contributed by atoms with Crippen LogP contribution in [0.3, 0.4) is 0 Å². The van der Waals surface area contributed by atoms with Gasteiger partial charge in [0.25, 0.3) is 0 Å². The second kappa shape index (κ2) is 4.91. The third kappa shape index (κ3) is 2.42. The van der Waals surface area contributed by atoms with Crippen molar-refractivity contribution in [2.75, 3.05) is 6.54 Å². The summed E-state index contributed by atoms with van der Waals surface area (Å²) in [6.07, 6.45) is 2.16. The second-order valence-corrected chi connectivity index (χ2v) is 3.50. The van der Waals surface area contributed by atoms with Gasteiger partial charge in [0.15, 0.2) is 5.78 Å². The van der Waals surface area contributed by atoms with Crippen molar-refractivity contribution in [1.29, 1.82) is 0 Å². The molecule has 14 heavy (non-hydrogen) atoms. The fourth-order valence-corrected chi connectivity index (χ4v) is 1.33. The van der Waals surface area contributed by atoms with Gasteiger partial charge >= 0.3 is 0 Å². The van der Waals surface area contributed by atoms with Gasteiger partial charge in [0.2, 0.25) is 0 Å². The summed E-state index contributed by atoms with van der Waals surface area (Å²) in [5.74, 6) is 0.366. The molecule has 0 bridgehead atoms. The molecule has 0 saturated carbocycles. The van der Waals surface area contributed by atoms with E-state index in [1.807, 2.05) is 13.8 Å². The minimum absolute atomic E-state index is 0.127. The summed E-state index contributed by atoms with van der Waals surface area (Å²) in [5, 5.41) is 4.05. The van der Waals surface area contributed by atoms with E-state index in [2.05, 4.69) is 5.10 Å². The van der Waals surface area contributed by atoms with Gasteiger partial charge in [-0.25, -0.2) is 0 Å². The van der Waals surface area contributed by atoms with E-state index in [0.29, 0.717) is 18.7 Å². The summed E-state index contributed by atoms with van der Waals surface area (Å²) in [7, 11) is 0. The predicted molar refractivity (Wildman–Crippen MR) is 55.1 cm³/mol. The van der Waals surface area contributed by atoms with Crippen LogP contribution in [0, 0.1) is 5.92 Å². The van der Waals surface area contributed by atoms with E-state index in [9.17, 15) is 4.79 Å². The molecule has 0 spiro atoms. The topological polar surface area (TPSA) is 60.9 Å². The second-order valence-electron chi connectivity index (χ2n) is 3.50. The molecular formula is C10H17N3O. The number of hydrogen-bond acceptors (Lipinski definition) is 3. The number of nitrogens with zero attached hydrogens (tertiary/aromatic N) is 2. The van der Waals surface area contributed by atoms with Crippen LogP contribution in [0.2, 0.25) is 0 Å². The number of nitrogens with two attached hydrogens (primary N) is 1. The maximum Gasteiger partial charge on any atom is 0.181 e. The van der Waals surface area contributed by atoms with Crippen molar-refractivity contribution in [3.05, 3.63) is 18.0 Å². The average Bonchev–Trinajstić information content (AvgIpc) is 2.65. The van der Waals surface area contributed by atoms with Crippen LogP contribution >= 0.6 is 0 Å². The molecule has 78 valence electrons. The van der Waals surface area contributed by atoms with Gasteiger partial charge in [0.05, 0.1) is 0 Å². The first-order valence-electron chi connectivity index (χ1n) is 4.94. The smallest absolute Gasteiger partial charge is 0.181 e. The van der Waals surface area contributed by atoms with Gasteiger partial charge < -0.3 is 5.73 Å². The Balaban J connectivity index is 2.69. The molecule has 4 nitrogen and oxygen atoms in total. The van der Waals surface area contributed by atoms with Gasteiger partial charge in [-0.3, -0.25) is 9.48 Å². The molecular weight excluding hydrogens is 178 g/mol. The van der Waals surface area contributed by atoms with Crippen molar-refractivity contribution in [3.8, 4) is 0 Å². The van der Waals surface area contributed by atoms with E-state index >= 15 is 0 Å². The lowest BCUT2D eigenvalue weighted by Crippen LogP contribution is -2.17. The van der Waals surface area contributed by atoms with Crippen molar-refractivity contribution in [2.24, 2.45) is 11.7 Å². The number of Topliss-reactive ketones (excluding diaryl/α,β-unsaturated/α-hetero) is 1. The van der Waals surface area contributed by atoms with Gasteiger partial charge in [0.1, 0.15) is 5.69 Å². The van der Waals surface area contributed by atoms with Crippen molar-refractivity contribution >= 4 is 5.78 Å². The van der Waals surface area contributed by atoms with Crippen LogP contribution in [0.4, 0.5) is 0 Å². The maximum atomic E-state index is 11.7. The number of carbonyl (C=O) groups is 1. The quantitative estimate of drug-likeness (QED) is 0.715. The molecule has 0 aliphatic rings. The zero-order valence-corrected chi connectivity index (χ0v) is 8.73. The molecule has 1 heterocycles. The van der Waals surface area contributed by atoms with Crippen LogP contribution in [0.5, 0.6) is 0 Å². The molecule has 1 aromatic rings. The molecule has 0 aromatic carbocycles. The monoisotopic (exact) mass is 195 g/mol. The number of carbonyl (C=O) groups excluding carboxylic acids is 1. The number of rotatable bonds is 5. The number of aromatic nitrogens is 2. The molecule has 2 N–H and O–H groups in total. The molecule has 4 heteroatoms. The summed E-state index contributed by atoms with van der Waals surface area (Å²) < 4.78 is 1.71. The highest BCUT2D eigenvalue weighted by atomic mass is 16.1. The highest BCUT2D eigenvalue weighted by molar-refractivity contribution is 5.94. The number of ketones is 1. The first-order valence-corrected chi connectivity index (χ1v) is 4.94. The van der Waals surface area contributed by atoms with Gasteiger partial charge in [-0.15, -0.1) is 0 Å². The van der Waals surface area contributed by atoms with Crippen LogP contribution in [-0.4, -0.2) is 22.1 Å². The number of aryl methyl sites for hydroxylation is 1. The van der Waals surface area contributed by atoms with Gasteiger partial charge in [-0.2, -0.15) is 5.10 Å². The number of hydrogen-bond donors (Lipinski definition) is 1. The van der Waals surface area contributed by atoms with E-state index in [1.54, 1.807) is 16.9 Å². The highest BCUT2D eigenvalue weighted by Crippen LogP contribution is 2.08. The standard InChI is InChI=1S/C10H17N3O/c1-3-13-9(4-5-12-13)10(14)6-8(2)7-11/h4-5,8H,3,6-7,11H2,1-2H3. The Morgan fingerprint density at radius 2 is 2.43 bits per heavy atom. The Hall–Kier alpha value is -1.16. The van der Waals surface area contributed by atoms with Crippen LogP contribution in [0.1, 0.15) is 30.8 Å². The Morgan fingerprint density at radius 3 is 3.00 bits per heavy atom. The molecule has 0 aliphatic heterocycles. The van der Waals surface area contributed by atoms with Crippen LogP contribution in [0.15, 0.2) is 12.3 Å². The van der Waals surface area contributed by atoms with Crippen LogP contribution in [0.25, 0.3) is 0 Å². The Bertz CT molecular complexity index is 306. The van der Waals surface area contributed by atoms with Gasteiger partial charge in [-0.1, -0.05) is 6.92 Å². The van der Waals surface area contributed by atoms with Crippen LogP contribution < -0.4 is 5.73 Å². The average molecular weight is 195 g/mol. The minimum atomic E-state index is 0.127. The third-order valence-corrected chi connectivity index (χ3v) is 2.24. The molecule has 0 fully saturated rings. The van der Waals surface area contributed by atoms with E-state index in [0.717, 1.165) is 6.54 Å². The summed E-state index contributed by atoms with van der Waals surface area (Å²) in [6.45, 7) is 5.22. The summed E-state index contributed by atoms with van der Waals surface area (Å²) in [4.78, 5) is 11.7. The molecule has 0 saturated heterocycles. The normalized spacial score (nSPS) is 12.8. The predicted octanol–water partition coefficient (Wildman–Crippen LogP) is 1.07. The van der Waals surface area contributed by atoms with Crippen molar-refractivity contribution in [3.63, 3.8) is 0 Å². The van der Waals surface area contributed by atoms with Crippen molar-refractivity contribution in [1.82, 2.24) is 9.78 Å². The largest absolute Gasteiger partial charge is 0.330 e. The minimum Gasteiger partial charge on any atom is -0.330 e. The van der Waals surface area contributed by atoms with E-state index in [-0.39, 0.29) is 11.7 Å². The lowest BCUT2D eigenvalue weighted by molar-refractivity contribution is 0.0955. The fourth-order valence-electron chi connectivity index (χ4n) is 1.33. The molecule has 0 radical (unpaired) electrons. The van der Waals surface area contributed by atoms with E-state index in [1.165, 1.54) is 0 Å². The zero-order valence-electron chi connectivity index (χ0n) is 8.73. The summed E-state index contributed by atoms with van der Waals surface area (Å²) in [6, 6.07) is 1.76. The van der Waals surface area contributed by atoms with E-state index < -0.39 is 0 Å². The molecule has 1 atom stereocenters. The first-order chi connectivity index (χ1) is 6.69. The molecule has 1 unspecified atom stereocenters. The summed E-state index contributed by atoms with van der Waals surface area (Å²) >= 11 is 0. The fraction of sp³-hybridized carbons (Fsp3) is 0.600. The Morgan fingerprint density at radius 1 is 1.71 bits per heavy atom. The Kier molecular flexibility index (Phi) is 3.83.